The van der Waals surface area contributed by atoms with Gasteiger partial charge < -0.3 is 10.5 Å². The Kier molecular flexibility index (Phi) is 4.49. The highest BCUT2D eigenvalue weighted by atomic mass is 16.6. The first-order chi connectivity index (χ1) is 10.5. The third-order valence-corrected chi connectivity index (χ3v) is 2.85. The lowest BCUT2D eigenvalue weighted by Gasteiger charge is -2.09. The molecule has 9 heteroatoms. The Labute approximate surface area is 124 Å². The van der Waals surface area contributed by atoms with Gasteiger partial charge in [-0.15, -0.1) is 0 Å². The zero-order chi connectivity index (χ0) is 16.1. The molecule has 0 amide bonds. The number of phenolic OH excluding ortho intramolecular Hbond substituents is 1. The Bertz CT molecular complexity index is 705. The number of para-hydroxylation sites is 1. The first-order valence-corrected chi connectivity index (χ1v) is 6.17. The number of phenols is 1. The zero-order valence-corrected chi connectivity index (χ0v) is 11.2. The molecule has 0 aliphatic heterocycles. The predicted octanol–water partition coefficient (Wildman–Crippen LogP) is 2.33. The van der Waals surface area contributed by atoms with E-state index in [1.807, 2.05) is 6.07 Å². The molecule has 0 atom stereocenters. The normalized spacial score (nSPS) is 10.2. The lowest BCUT2D eigenvalue weighted by Crippen LogP contribution is -2.21. The highest BCUT2D eigenvalue weighted by Gasteiger charge is 2.23. The van der Waals surface area contributed by atoms with Crippen LogP contribution in [0.15, 0.2) is 42.5 Å². The molecule has 0 saturated heterocycles. The number of nitrogens with zero attached hydrogens (tertiary/aromatic N) is 2. The molecule has 2 aromatic rings. The summed E-state index contributed by atoms with van der Waals surface area (Å²) in [6.45, 7) is -0.0384. The third-order valence-electron chi connectivity index (χ3n) is 2.85. The fourth-order valence-electron chi connectivity index (χ4n) is 1.80. The lowest BCUT2D eigenvalue weighted by atomic mass is 10.1. The number of hydrogen-bond acceptors (Lipinski definition) is 7. The molecule has 0 unspecified atom stereocenters. The van der Waals surface area contributed by atoms with Gasteiger partial charge in [0.05, 0.1) is 15.9 Å². The molecule has 9 nitrogen and oxygen atoms in total. The Morgan fingerprint density at radius 2 is 1.73 bits per heavy atom. The molecule has 0 spiro atoms. The maximum absolute atomic E-state index is 10.8. The maximum Gasteiger partial charge on any atom is 0.317 e. The van der Waals surface area contributed by atoms with Crippen molar-refractivity contribution in [3.8, 4) is 5.75 Å². The molecular formula is C13H12N4O5. The van der Waals surface area contributed by atoms with E-state index < -0.39 is 27.0 Å². The van der Waals surface area contributed by atoms with Gasteiger partial charge in [0.15, 0.2) is 5.75 Å². The van der Waals surface area contributed by atoms with Gasteiger partial charge >= 0.3 is 5.69 Å². The number of anilines is 1. The molecule has 0 radical (unpaired) electrons. The molecular weight excluding hydrogens is 292 g/mol. The molecule has 0 heterocycles. The van der Waals surface area contributed by atoms with Crippen molar-refractivity contribution in [1.29, 1.82) is 0 Å². The summed E-state index contributed by atoms with van der Waals surface area (Å²) in [6, 6.07) is 10.8. The third kappa shape index (κ3) is 3.46. The number of hydrazine groups is 1. The first-order valence-electron chi connectivity index (χ1n) is 6.17. The highest BCUT2D eigenvalue weighted by Crippen LogP contribution is 2.34. The molecule has 0 aliphatic rings. The van der Waals surface area contributed by atoms with Crippen LogP contribution < -0.4 is 10.9 Å². The molecule has 0 saturated carbocycles. The van der Waals surface area contributed by atoms with Crippen molar-refractivity contribution in [1.82, 2.24) is 5.43 Å². The Morgan fingerprint density at radius 3 is 2.32 bits per heavy atom. The molecule has 0 bridgehead atoms. The summed E-state index contributed by atoms with van der Waals surface area (Å²) in [5.41, 5.74) is 5.18. The van der Waals surface area contributed by atoms with E-state index >= 15 is 0 Å². The summed E-state index contributed by atoms with van der Waals surface area (Å²) in [7, 11) is 0. The van der Waals surface area contributed by atoms with Crippen molar-refractivity contribution in [3.05, 3.63) is 68.3 Å². The number of aromatic hydroxyl groups is 1. The molecule has 0 aromatic heterocycles. The first kappa shape index (κ1) is 15.2. The van der Waals surface area contributed by atoms with Gasteiger partial charge in [0, 0.05) is 23.9 Å². The second-order valence-corrected chi connectivity index (χ2v) is 4.33. The van der Waals surface area contributed by atoms with Crippen LogP contribution in [0.2, 0.25) is 0 Å². The van der Waals surface area contributed by atoms with E-state index in [1.54, 1.807) is 24.3 Å². The van der Waals surface area contributed by atoms with Crippen LogP contribution in [-0.4, -0.2) is 15.0 Å². The number of rotatable bonds is 6. The maximum atomic E-state index is 10.8. The summed E-state index contributed by atoms with van der Waals surface area (Å²) in [6.07, 6.45) is 0. The second-order valence-electron chi connectivity index (χ2n) is 4.33. The van der Waals surface area contributed by atoms with Crippen LogP contribution in [-0.2, 0) is 6.54 Å². The molecule has 114 valence electrons. The van der Waals surface area contributed by atoms with Crippen LogP contribution in [0, 0.1) is 20.2 Å². The minimum Gasteiger partial charge on any atom is -0.502 e. The monoisotopic (exact) mass is 304 g/mol. The average molecular weight is 304 g/mol. The molecule has 22 heavy (non-hydrogen) atoms. The van der Waals surface area contributed by atoms with Crippen molar-refractivity contribution < 1.29 is 15.0 Å². The van der Waals surface area contributed by atoms with E-state index in [0.29, 0.717) is 0 Å². The van der Waals surface area contributed by atoms with Crippen molar-refractivity contribution in [2.24, 2.45) is 0 Å². The zero-order valence-electron chi connectivity index (χ0n) is 11.2. The quantitative estimate of drug-likeness (QED) is 0.551. The summed E-state index contributed by atoms with van der Waals surface area (Å²) in [5.74, 6) is -0.599. The van der Waals surface area contributed by atoms with Gasteiger partial charge in [0.2, 0.25) is 0 Å². The van der Waals surface area contributed by atoms with E-state index in [0.717, 1.165) is 17.8 Å². The summed E-state index contributed by atoms with van der Waals surface area (Å²) in [5, 5.41) is 31.5. The molecule has 2 rings (SSSR count). The Hall–Kier alpha value is -3.20. The van der Waals surface area contributed by atoms with Crippen molar-refractivity contribution in [3.63, 3.8) is 0 Å². The predicted molar refractivity (Wildman–Crippen MR) is 78.3 cm³/mol. The van der Waals surface area contributed by atoms with Gasteiger partial charge in [0.1, 0.15) is 0 Å². The van der Waals surface area contributed by atoms with Crippen molar-refractivity contribution in [2.45, 2.75) is 6.54 Å². The van der Waals surface area contributed by atoms with Crippen LogP contribution in [0.1, 0.15) is 5.56 Å². The van der Waals surface area contributed by atoms with Crippen molar-refractivity contribution in [2.75, 3.05) is 5.43 Å². The summed E-state index contributed by atoms with van der Waals surface area (Å²) in [4.78, 5) is 20.0. The lowest BCUT2D eigenvalue weighted by molar-refractivity contribution is -0.394. The number of nitrogens with one attached hydrogen (secondary N) is 2. The van der Waals surface area contributed by atoms with Gasteiger partial charge in [-0.3, -0.25) is 20.2 Å². The summed E-state index contributed by atoms with van der Waals surface area (Å²) >= 11 is 0. The summed E-state index contributed by atoms with van der Waals surface area (Å²) < 4.78 is 0. The van der Waals surface area contributed by atoms with Crippen LogP contribution in [0.25, 0.3) is 0 Å². The largest absolute Gasteiger partial charge is 0.502 e. The smallest absolute Gasteiger partial charge is 0.317 e. The molecule has 0 aliphatic carbocycles. The van der Waals surface area contributed by atoms with Crippen LogP contribution in [0.5, 0.6) is 5.75 Å². The van der Waals surface area contributed by atoms with Gasteiger partial charge in [-0.25, -0.2) is 5.43 Å². The second kappa shape index (κ2) is 6.50. The number of hydrogen-bond donors (Lipinski definition) is 3. The van der Waals surface area contributed by atoms with Crippen LogP contribution in [0.4, 0.5) is 17.1 Å². The van der Waals surface area contributed by atoms with Crippen LogP contribution >= 0.6 is 0 Å². The van der Waals surface area contributed by atoms with E-state index in [4.69, 9.17) is 0 Å². The van der Waals surface area contributed by atoms with E-state index in [9.17, 15) is 25.3 Å². The number of nitro benzene ring substituents is 2. The standard InChI is InChI=1S/C13H12N4O5/c18-13-9(8-14-15-10-4-2-1-3-5-10)6-11(16(19)20)7-12(13)17(21)22/h1-7,14-15,18H,8H2. The van der Waals surface area contributed by atoms with Gasteiger partial charge in [-0.05, 0) is 12.1 Å². The fraction of sp³-hybridized carbons (Fsp3) is 0.0769. The fourth-order valence-corrected chi connectivity index (χ4v) is 1.80. The van der Waals surface area contributed by atoms with E-state index in [2.05, 4.69) is 10.9 Å². The topological polar surface area (TPSA) is 131 Å². The number of nitro groups is 2. The Morgan fingerprint density at radius 1 is 1.05 bits per heavy atom. The van der Waals surface area contributed by atoms with E-state index in [-0.39, 0.29) is 12.1 Å². The highest BCUT2D eigenvalue weighted by molar-refractivity contribution is 5.57. The minimum atomic E-state index is -0.865. The minimum absolute atomic E-state index is 0.0384. The Balaban J connectivity index is 2.19. The SMILES string of the molecule is O=[N+]([O-])c1cc(CNNc2ccccc2)c(O)c([N+](=O)[O-])c1. The molecule has 3 N–H and O–H groups in total. The molecule has 2 aromatic carbocycles. The van der Waals surface area contributed by atoms with Crippen molar-refractivity contribution >= 4 is 17.1 Å². The average Bonchev–Trinajstić information content (AvgIpc) is 2.49. The van der Waals surface area contributed by atoms with Gasteiger partial charge in [0.25, 0.3) is 5.69 Å². The number of benzene rings is 2. The van der Waals surface area contributed by atoms with Gasteiger partial charge in [-0.2, -0.15) is 0 Å². The van der Waals surface area contributed by atoms with Crippen LogP contribution in [0.3, 0.4) is 0 Å². The van der Waals surface area contributed by atoms with Gasteiger partial charge in [-0.1, -0.05) is 18.2 Å². The molecule has 0 fully saturated rings. The number of non-ortho nitro benzene ring substituents is 1. The van der Waals surface area contributed by atoms with E-state index in [1.165, 1.54) is 0 Å².